The number of hydrogen-bond acceptors (Lipinski definition) is 11. The number of benzene rings is 2. The van der Waals surface area contributed by atoms with Crippen LogP contribution in [0.2, 0.25) is 0 Å². The molecule has 2 rings (SSSR count). The first-order chi connectivity index (χ1) is 21.3. The zero-order chi connectivity index (χ0) is 32.3. The topological polar surface area (TPSA) is 109 Å². The Morgan fingerprint density at radius 1 is 0.591 bits per heavy atom. The molecule has 44 heavy (non-hydrogen) atoms. The van der Waals surface area contributed by atoms with E-state index in [-0.39, 0.29) is 31.6 Å². The SMILES string of the molecule is CCOC(C)OCCOc1c(OC)cc(/C=C/C(=O)/C=C/c2cc(OC)c(OCCOC(C)OCC)c(OC)c2)cc1OC. The Kier molecular flexibility index (Phi) is 16.8. The lowest BCUT2D eigenvalue weighted by molar-refractivity contribution is -0.131. The molecule has 11 nitrogen and oxygen atoms in total. The Balaban J connectivity index is 2.08. The number of carbonyl (C=O) groups is 1. The zero-order valence-electron chi connectivity index (χ0n) is 27.0. The maximum Gasteiger partial charge on any atom is 0.203 e. The van der Waals surface area contributed by atoms with E-state index in [1.54, 1.807) is 36.4 Å². The molecule has 0 amide bonds. The maximum absolute atomic E-state index is 12.7. The molecule has 0 aliphatic heterocycles. The Morgan fingerprint density at radius 3 is 1.23 bits per heavy atom. The highest BCUT2D eigenvalue weighted by atomic mass is 16.7. The van der Waals surface area contributed by atoms with Crippen LogP contribution < -0.4 is 28.4 Å². The predicted octanol–water partition coefficient (Wildman–Crippen LogP) is 5.57. The average molecular weight is 619 g/mol. The molecular weight excluding hydrogens is 572 g/mol. The van der Waals surface area contributed by atoms with Crippen LogP contribution in [-0.4, -0.2) is 86.4 Å². The van der Waals surface area contributed by atoms with Crippen LogP contribution in [0.15, 0.2) is 36.4 Å². The van der Waals surface area contributed by atoms with E-state index >= 15 is 0 Å². The van der Waals surface area contributed by atoms with Gasteiger partial charge in [0.05, 0.1) is 41.7 Å². The minimum atomic E-state index is -0.324. The quantitative estimate of drug-likeness (QED) is 0.0938. The third-order valence-corrected chi connectivity index (χ3v) is 6.01. The van der Waals surface area contributed by atoms with E-state index < -0.39 is 0 Å². The summed E-state index contributed by atoms with van der Waals surface area (Å²) in [6.45, 7) is 9.78. The first-order valence-electron chi connectivity index (χ1n) is 14.4. The number of methoxy groups -OCH3 is 4. The number of ketones is 1. The van der Waals surface area contributed by atoms with Crippen molar-refractivity contribution in [2.24, 2.45) is 0 Å². The smallest absolute Gasteiger partial charge is 0.203 e. The van der Waals surface area contributed by atoms with Crippen LogP contribution in [0.4, 0.5) is 0 Å². The third kappa shape index (κ3) is 12.1. The number of rotatable bonds is 22. The molecule has 0 spiro atoms. The summed E-state index contributed by atoms with van der Waals surface area (Å²) in [5, 5.41) is 0. The lowest BCUT2D eigenvalue weighted by atomic mass is 10.1. The van der Waals surface area contributed by atoms with Gasteiger partial charge in [0.2, 0.25) is 11.5 Å². The van der Waals surface area contributed by atoms with Crippen LogP contribution in [0.3, 0.4) is 0 Å². The zero-order valence-corrected chi connectivity index (χ0v) is 27.0. The molecule has 244 valence electrons. The van der Waals surface area contributed by atoms with Crippen molar-refractivity contribution in [1.82, 2.24) is 0 Å². The molecule has 0 N–H and O–H groups in total. The van der Waals surface area contributed by atoms with Gasteiger partial charge in [-0.1, -0.05) is 12.2 Å². The summed E-state index contributed by atoms with van der Waals surface area (Å²) in [4.78, 5) is 12.7. The summed E-state index contributed by atoms with van der Waals surface area (Å²) < 4.78 is 55.6. The van der Waals surface area contributed by atoms with Gasteiger partial charge in [-0.25, -0.2) is 0 Å². The molecule has 0 bridgehead atoms. The highest BCUT2D eigenvalue weighted by Crippen LogP contribution is 2.40. The second-order valence-electron chi connectivity index (χ2n) is 9.06. The highest BCUT2D eigenvalue weighted by molar-refractivity contribution is 6.04. The summed E-state index contributed by atoms with van der Waals surface area (Å²) in [5.41, 5.74) is 1.39. The maximum atomic E-state index is 12.7. The minimum absolute atomic E-state index is 0.234. The van der Waals surface area contributed by atoms with Crippen molar-refractivity contribution in [2.45, 2.75) is 40.3 Å². The third-order valence-electron chi connectivity index (χ3n) is 6.01. The fraction of sp³-hybridized carbons (Fsp3) is 0.485. The summed E-state index contributed by atoms with van der Waals surface area (Å²) in [6, 6.07) is 7.02. The Hall–Kier alpha value is -3.77. The molecule has 0 saturated heterocycles. The van der Waals surface area contributed by atoms with Gasteiger partial charge in [0.25, 0.3) is 0 Å². The number of hydrogen-bond donors (Lipinski definition) is 0. The van der Waals surface area contributed by atoms with E-state index in [4.69, 9.17) is 47.4 Å². The van der Waals surface area contributed by atoms with Gasteiger partial charge in [0.15, 0.2) is 41.4 Å². The molecule has 0 saturated carbocycles. The van der Waals surface area contributed by atoms with Crippen molar-refractivity contribution in [3.63, 3.8) is 0 Å². The fourth-order valence-corrected chi connectivity index (χ4v) is 3.97. The lowest BCUT2D eigenvalue weighted by Crippen LogP contribution is -2.17. The molecule has 2 aromatic carbocycles. The second-order valence-corrected chi connectivity index (χ2v) is 9.06. The van der Waals surface area contributed by atoms with Crippen molar-refractivity contribution in [1.29, 1.82) is 0 Å². The highest BCUT2D eigenvalue weighted by Gasteiger charge is 2.15. The first kappa shape index (κ1) is 36.4. The number of carbonyl (C=O) groups excluding carboxylic acids is 1. The van der Waals surface area contributed by atoms with Crippen LogP contribution in [0.25, 0.3) is 12.2 Å². The van der Waals surface area contributed by atoms with Crippen molar-refractivity contribution in [3.8, 4) is 34.5 Å². The van der Waals surface area contributed by atoms with Crippen molar-refractivity contribution >= 4 is 17.9 Å². The van der Waals surface area contributed by atoms with Crippen molar-refractivity contribution in [3.05, 3.63) is 47.5 Å². The molecule has 0 aromatic heterocycles. The Bertz CT molecular complexity index is 1070. The summed E-state index contributed by atoms with van der Waals surface area (Å²) in [7, 11) is 6.14. The summed E-state index contributed by atoms with van der Waals surface area (Å²) in [6.07, 6.45) is 5.58. The standard InChI is InChI=1S/C33H46O11/c1-9-39-23(3)41-15-17-43-32-28(35-5)19-25(20-29(32)36-6)11-13-27(34)14-12-26-21-30(37-7)33(31(22-26)38-8)44-18-16-42-24(4)40-10-2/h11-14,19-24H,9-10,15-18H2,1-8H3/b13-11+,14-12+. The van der Waals surface area contributed by atoms with Crippen LogP contribution >= 0.6 is 0 Å². The number of ether oxygens (including phenoxy) is 10. The Morgan fingerprint density at radius 2 is 0.932 bits per heavy atom. The second kappa shape index (κ2) is 20.2. The van der Waals surface area contributed by atoms with E-state index in [0.29, 0.717) is 72.1 Å². The normalized spacial score (nSPS) is 12.7. The molecule has 2 aromatic rings. The van der Waals surface area contributed by atoms with Crippen LogP contribution in [0.5, 0.6) is 34.5 Å². The minimum Gasteiger partial charge on any atom is -0.493 e. The van der Waals surface area contributed by atoms with Gasteiger partial charge < -0.3 is 47.4 Å². The molecule has 0 fully saturated rings. The number of allylic oxidation sites excluding steroid dienone is 2. The van der Waals surface area contributed by atoms with Gasteiger partial charge in [0.1, 0.15) is 13.2 Å². The van der Waals surface area contributed by atoms with Crippen LogP contribution in [0, 0.1) is 0 Å². The van der Waals surface area contributed by atoms with Gasteiger partial charge in [-0.3, -0.25) is 4.79 Å². The van der Waals surface area contributed by atoms with E-state index in [2.05, 4.69) is 0 Å². The van der Waals surface area contributed by atoms with Gasteiger partial charge in [0, 0.05) is 13.2 Å². The summed E-state index contributed by atoms with van der Waals surface area (Å²) in [5.74, 6) is 2.48. The fourth-order valence-electron chi connectivity index (χ4n) is 3.97. The molecule has 2 atom stereocenters. The van der Waals surface area contributed by atoms with Crippen LogP contribution in [0.1, 0.15) is 38.8 Å². The molecule has 0 aliphatic carbocycles. The van der Waals surface area contributed by atoms with Gasteiger partial charge in [-0.15, -0.1) is 0 Å². The predicted molar refractivity (Wildman–Crippen MR) is 167 cm³/mol. The largest absolute Gasteiger partial charge is 0.493 e. The average Bonchev–Trinajstić information content (AvgIpc) is 3.03. The first-order valence-corrected chi connectivity index (χ1v) is 14.4. The van der Waals surface area contributed by atoms with E-state index in [9.17, 15) is 4.79 Å². The molecular formula is C33H46O11. The molecule has 0 heterocycles. The monoisotopic (exact) mass is 618 g/mol. The van der Waals surface area contributed by atoms with Crippen molar-refractivity contribution in [2.75, 3.05) is 68.1 Å². The Labute approximate surface area is 260 Å². The molecule has 0 radical (unpaired) electrons. The van der Waals surface area contributed by atoms with Gasteiger partial charge in [-0.05, 0) is 75.2 Å². The van der Waals surface area contributed by atoms with E-state index in [1.165, 1.54) is 40.6 Å². The molecule has 11 heteroatoms. The van der Waals surface area contributed by atoms with Gasteiger partial charge in [-0.2, -0.15) is 0 Å². The van der Waals surface area contributed by atoms with Crippen LogP contribution in [-0.2, 0) is 23.7 Å². The van der Waals surface area contributed by atoms with Gasteiger partial charge >= 0.3 is 0 Å². The lowest BCUT2D eigenvalue weighted by Gasteiger charge is -2.17. The van der Waals surface area contributed by atoms with E-state index in [1.807, 2.05) is 27.7 Å². The summed E-state index contributed by atoms with van der Waals surface area (Å²) >= 11 is 0. The molecule has 2 unspecified atom stereocenters. The molecule has 0 aliphatic rings. The van der Waals surface area contributed by atoms with Crippen molar-refractivity contribution < 1.29 is 52.2 Å². The van der Waals surface area contributed by atoms with E-state index in [0.717, 1.165) is 0 Å².